The van der Waals surface area contributed by atoms with E-state index in [1.807, 2.05) is 18.2 Å². The molecule has 0 N–H and O–H groups in total. The molecule has 1 aliphatic rings. The third-order valence-corrected chi connectivity index (χ3v) is 6.41. The molecule has 0 saturated heterocycles. The number of imidazole rings is 1. The van der Waals surface area contributed by atoms with E-state index in [-0.39, 0.29) is 0 Å². The fraction of sp³-hybridized carbons (Fsp3) is 0.476. The molecular formula is C21H26N4OS. The van der Waals surface area contributed by atoms with Gasteiger partial charge in [0.1, 0.15) is 0 Å². The second kappa shape index (κ2) is 7.89. The lowest BCUT2D eigenvalue weighted by molar-refractivity contribution is 0.332. The number of aryl methyl sites for hydroxylation is 2. The zero-order chi connectivity index (χ0) is 18.8. The summed E-state index contributed by atoms with van der Waals surface area (Å²) in [5.41, 5.74) is 4.58. The van der Waals surface area contributed by atoms with Crippen molar-refractivity contribution < 1.29 is 4.52 Å². The Balaban J connectivity index is 1.51. The summed E-state index contributed by atoms with van der Waals surface area (Å²) >= 11 is 1.70. The van der Waals surface area contributed by atoms with E-state index in [4.69, 9.17) is 9.51 Å². The van der Waals surface area contributed by atoms with E-state index in [0.29, 0.717) is 23.5 Å². The van der Waals surface area contributed by atoms with Crippen molar-refractivity contribution in [3.63, 3.8) is 0 Å². The molecule has 5 nitrogen and oxygen atoms in total. The van der Waals surface area contributed by atoms with Gasteiger partial charge in [-0.15, -0.1) is 0 Å². The quantitative estimate of drug-likeness (QED) is 0.533. The molecule has 0 radical (unpaired) electrons. The van der Waals surface area contributed by atoms with Gasteiger partial charge < -0.3 is 9.09 Å². The van der Waals surface area contributed by atoms with Crippen LogP contribution in [0.1, 0.15) is 61.0 Å². The van der Waals surface area contributed by atoms with Crippen molar-refractivity contribution in [2.45, 2.75) is 69.8 Å². The van der Waals surface area contributed by atoms with E-state index in [1.54, 1.807) is 11.8 Å². The van der Waals surface area contributed by atoms with Crippen LogP contribution >= 0.6 is 11.8 Å². The Morgan fingerprint density at radius 3 is 2.63 bits per heavy atom. The van der Waals surface area contributed by atoms with Gasteiger partial charge in [-0.1, -0.05) is 60.4 Å². The first-order valence-electron chi connectivity index (χ1n) is 9.70. The molecular weight excluding hydrogens is 356 g/mol. The molecule has 6 heteroatoms. The highest BCUT2D eigenvalue weighted by Crippen LogP contribution is 2.35. The minimum Gasteiger partial charge on any atom is -0.338 e. The van der Waals surface area contributed by atoms with Crippen LogP contribution in [0, 0.1) is 20.8 Å². The van der Waals surface area contributed by atoms with Crippen molar-refractivity contribution in [3.05, 3.63) is 47.1 Å². The first kappa shape index (κ1) is 18.3. The zero-order valence-electron chi connectivity index (χ0n) is 16.2. The van der Waals surface area contributed by atoms with Crippen molar-refractivity contribution >= 4 is 11.8 Å². The largest absolute Gasteiger partial charge is 0.338 e. The number of nitrogens with zero attached hydrogens (tertiary/aromatic N) is 4. The van der Waals surface area contributed by atoms with Crippen LogP contribution in [0.15, 0.2) is 33.9 Å². The van der Waals surface area contributed by atoms with E-state index >= 15 is 0 Å². The Labute approximate surface area is 164 Å². The summed E-state index contributed by atoms with van der Waals surface area (Å²) in [5, 5.41) is 5.24. The maximum atomic E-state index is 5.50. The topological polar surface area (TPSA) is 56.7 Å². The van der Waals surface area contributed by atoms with Crippen LogP contribution in [-0.2, 0) is 5.75 Å². The Bertz CT molecular complexity index is 924. The maximum absolute atomic E-state index is 5.50. The number of benzene rings is 1. The second-order valence-corrected chi connectivity index (χ2v) is 8.28. The minimum atomic E-state index is 0.577. The van der Waals surface area contributed by atoms with Crippen LogP contribution in [0.3, 0.4) is 0 Å². The van der Waals surface area contributed by atoms with Crippen molar-refractivity contribution in [3.8, 4) is 11.4 Å². The smallest absolute Gasteiger partial charge is 0.237 e. The van der Waals surface area contributed by atoms with Crippen molar-refractivity contribution in [2.75, 3.05) is 0 Å². The molecule has 1 fully saturated rings. The molecule has 2 aromatic heterocycles. The first-order chi connectivity index (χ1) is 13.1. The molecule has 27 heavy (non-hydrogen) atoms. The van der Waals surface area contributed by atoms with Crippen LogP contribution in [-0.4, -0.2) is 19.7 Å². The third-order valence-electron chi connectivity index (χ3n) is 5.47. The summed E-state index contributed by atoms with van der Waals surface area (Å²) in [7, 11) is 0. The fourth-order valence-corrected chi connectivity index (χ4v) is 4.84. The predicted molar refractivity (Wildman–Crippen MR) is 108 cm³/mol. The highest BCUT2D eigenvalue weighted by Gasteiger charge is 2.22. The molecule has 1 aromatic carbocycles. The normalized spacial score (nSPS) is 15.4. The second-order valence-electron chi connectivity index (χ2n) is 7.34. The fourth-order valence-electron chi connectivity index (χ4n) is 3.84. The Kier molecular flexibility index (Phi) is 5.34. The highest BCUT2D eigenvalue weighted by atomic mass is 32.2. The van der Waals surface area contributed by atoms with Gasteiger partial charge in [-0.3, -0.25) is 0 Å². The van der Waals surface area contributed by atoms with Crippen LogP contribution < -0.4 is 0 Å². The Hall–Kier alpha value is -2.08. The van der Waals surface area contributed by atoms with E-state index in [9.17, 15) is 0 Å². The summed E-state index contributed by atoms with van der Waals surface area (Å²) < 4.78 is 7.94. The lowest BCUT2D eigenvalue weighted by Crippen LogP contribution is -2.15. The average Bonchev–Trinajstić information content (AvgIpc) is 3.26. The predicted octanol–water partition coefficient (Wildman–Crippen LogP) is 5.66. The van der Waals surface area contributed by atoms with Crippen LogP contribution in [0.2, 0.25) is 0 Å². The molecule has 0 amide bonds. The Morgan fingerprint density at radius 1 is 1.07 bits per heavy atom. The zero-order valence-corrected chi connectivity index (χ0v) is 17.1. The molecule has 1 saturated carbocycles. The van der Waals surface area contributed by atoms with E-state index in [1.165, 1.54) is 37.8 Å². The number of rotatable bonds is 5. The van der Waals surface area contributed by atoms with Gasteiger partial charge in [-0.05, 0) is 39.2 Å². The van der Waals surface area contributed by atoms with Crippen LogP contribution in [0.5, 0.6) is 0 Å². The molecule has 0 bridgehead atoms. The third kappa shape index (κ3) is 3.81. The summed E-state index contributed by atoms with van der Waals surface area (Å²) in [6, 6.07) is 8.69. The van der Waals surface area contributed by atoms with E-state index in [0.717, 1.165) is 22.0 Å². The van der Waals surface area contributed by atoms with Crippen molar-refractivity contribution in [2.24, 2.45) is 0 Å². The molecule has 142 valence electrons. The van der Waals surface area contributed by atoms with Crippen molar-refractivity contribution in [1.29, 1.82) is 0 Å². The molecule has 0 atom stereocenters. The van der Waals surface area contributed by atoms with Crippen LogP contribution in [0.4, 0.5) is 0 Å². The van der Waals surface area contributed by atoms with Gasteiger partial charge in [-0.25, -0.2) is 4.98 Å². The summed E-state index contributed by atoms with van der Waals surface area (Å²) in [6.07, 6.45) is 6.49. The van der Waals surface area contributed by atoms with E-state index in [2.05, 4.69) is 41.5 Å². The molecule has 2 heterocycles. The number of aromatic nitrogens is 4. The molecule has 0 aliphatic heterocycles. The van der Waals surface area contributed by atoms with Gasteiger partial charge >= 0.3 is 0 Å². The van der Waals surface area contributed by atoms with Gasteiger partial charge in [0, 0.05) is 17.3 Å². The van der Waals surface area contributed by atoms with Gasteiger partial charge in [0.25, 0.3) is 0 Å². The molecule has 0 unspecified atom stereocenters. The van der Waals surface area contributed by atoms with Gasteiger partial charge in [0.05, 0.1) is 11.4 Å². The summed E-state index contributed by atoms with van der Waals surface area (Å²) in [4.78, 5) is 9.41. The standard InChI is InChI=1S/C21H26N4OS/c1-14-9-7-8-12-18(14)20-23-19(26-24-20)13-27-21-22-15(2)16(3)25(21)17-10-5-4-6-11-17/h7-9,12,17H,4-6,10-11,13H2,1-3H3. The minimum absolute atomic E-state index is 0.577. The Morgan fingerprint density at radius 2 is 1.85 bits per heavy atom. The van der Waals surface area contributed by atoms with Gasteiger partial charge in [0.2, 0.25) is 11.7 Å². The lowest BCUT2D eigenvalue weighted by Gasteiger charge is -2.25. The molecule has 0 spiro atoms. The molecule has 1 aliphatic carbocycles. The SMILES string of the molecule is Cc1ccccc1-c1noc(CSc2nc(C)c(C)n2C2CCCCC2)n1. The van der Waals surface area contributed by atoms with Crippen molar-refractivity contribution in [1.82, 2.24) is 19.7 Å². The van der Waals surface area contributed by atoms with Gasteiger partial charge in [-0.2, -0.15) is 4.98 Å². The highest BCUT2D eigenvalue weighted by molar-refractivity contribution is 7.98. The van der Waals surface area contributed by atoms with Crippen LogP contribution in [0.25, 0.3) is 11.4 Å². The molecule has 3 aromatic rings. The number of thioether (sulfide) groups is 1. The summed E-state index contributed by atoms with van der Waals surface area (Å²) in [6.45, 7) is 6.35. The maximum Gasteiger partial charge on any atom is 0.237 e. The van der Waals surface area contributed by atoms with E-state index < -0.39 is 0 Å². The lowest BCUT2D eigenvalue weighted by atomic mass is 9.95. The molecule has 4 rings (SSSR count). The first-order valence-corrected chi connectivity index (χ1v) is 10.7. The number of hydrogen-bond acceptors (Lipinski definition) is 5. The number of hydrogen-bond donors (Lipinski definition) is 0. The monoisotopic (exact) mass is 382 g/mol. The van der Waals surface area contributed by atoms with Gasteiger partial charge in [0.15, 0.2) is 5.16 Å². The average molecular weight is 383 g/mol. The summed E-state index contributed by atoms with van der Waals surface area (Å²) in [5.74, 6) is 1.94.